The van der Waals surface area contributed by atoms with Gasteiger partial charge in [-0.25, -0.2) is 9.97 Å². The van der Waals surface area contributed by atoms with E-state index in [9.17, 15) is 4.79 Å². The lowest BCUT2D eigenvalue weighted by molar-refractivity contribution is -0.121. The molecule has 0 unspecified atom stereocenters. The number of rotatable bonds is 7. The van der Waals surface area contributed by atoms with E-state index < -0.39 is 0 Å². The van der Waals surface area contributed by atoms with Gasteiger partial charge in [0.05, 0.1) is 5.69 Å². The lowest BCUT2D eigenvalue weighted by atomic mass is 9.79. The van der Waals surface area contributed by atoms with Crippen LogP contribution >= 0.6 is 0 Å². The van der Waals surface area contributed by atoms with Gasteiger partial charge in [0.25, 0.3) is 0 Å². The molecule has 1 N–H and O–H groups in total. The number of pyridine rings is 1. The van der Waals surface area contributed by atoms with Crippen molar-refractivity contribution in [3.8, 4) is 11.1 Å². The molecule has 2 aliphatic rings. The number of hydrogen-bond donors (Lipinski definition) is 1. The Morgan fingerprint density at radius 1 is 1.13 bits per heavy atom. The first kappa shape index (κ1) is 21.7. The van der Waals surface area contributed by atoms with Crippen LogP contribution in [0.4, 0.5) is 0 Å². The van der Waals surface area contributed by atoms with Crippen molar-refractivity contribution in [3.05, 3.63) is 54.4 Å². The van der Waals surface area contributed by atoms with Crippen LogP contribution in [0.25, 0.3) is 11.1 Å². The third-order valence-electron chi connectivity index (χ3n) is 6.73. The highest BCUT2D eigenvalue weighted by molar-refractivity contribution is 5.76. The van der Waals surface area contributed by atoms with Crippen LogP contribution in [0.5, 0.6) is 0 Å². The molecule has 0 aliphatic heterocycles. The van der Waals surface area contributed by atoms with Crippen LogP contribution in [0.3, 0.4) is 0 Å². The molecule has 164 valence electrons. The number of aromatic nitrogens is 3. The van der Waals surface area contributed by atoms with Gasteiger partial charge in [0.15, 0.2) is 0 Å². The van der Waals surface area contributed by atoms with Crippen molar-refractivity contribution >= 4 is 5.91 Å². The van der Waals surface area contributed by atoms with E-state index in [1.807, 2.05) is 30.7 Å². The smallest absolute Gasteiger partial charge is 0.220 e. The lowest BCUT2D eigenvalue weighted by Crippen LogP contribution is -2.32. The summed E-state index contributed by atoms with van der Waals surface area (Å²) >= 11 is 0. The summed E-state index contributed by atoms with van der Waals surface area (Å²) < 4.78 is 0. The summed E-state index contributed by atoms with van der Waals surface area (Å²) in [7, 11) is 0. The molecule has 1 saturated carbocycles. The van der Waals surface area contributed by atoms with Crippen molar-refractivity contribution in [2.75, 3.05) is 6.54 Å². The van der Waals surface area contributed by atoms with Crippen molar-refractivity contribution in [2.45, 2.75) is 70.6 Å². The maximum Gasteiger partial charge on any atom is 0.220 e. The van der Waals surface area contributed by atoms with Gasteiger partial charge in [-0.05, 0) is 68.1 Å². The minimum atomic E-state index is 0.205. The topological polar surface area (TPSA) is 67.8 Å². The summed E-state index contributed by atoms with van der Waals surface area (Å²) in [6.07, 6.45) is 17.4. The monoisotopic (exact) mass is 418 g/mol. The fourth-order valence-corrected chi connectivity index (χ4v) is 4.83. The molecule has 1 atom stereocenters. The van der Waals surface area contributed by atoms with Crippen LogP contribution in [0.15, 0.2) is 42.9 Å². The number of hydrogen-bond acceptors (Lipinski definition) is 4. The molecule has 31 heavy (non-hydrogen) atoms. The van der Waals surface area contributed by atoms with Crippen LogP contribution in [0, 0.1) is 11.8 Å². The van der Waals surface area contributed by atoms with Gasteiger partial charge in [-0.3, -0.25) is 9.78 Å². The molecule has 2 heterocycles. The van der Waals surface area contributed by atoms with E-state index in [0.29, 0.717) is 30.1 Å². The van der Waals surface area contributed by atoms with Crippen molar-refractivity contribution in [2.24, 2.45) is 11.8 Å². The Morgan fingerprint density at radius 3 is 2.58 bits per heavy atom. The molecule has 0 spiro atoms. The first-order chi connectivity index (χ1) is 15.1. The van der Waals surface area contributed by atoms with Crippen LogP contribution in [-0.4, -0.2) is 27.4 Å². The minimum absolute atomic E-state index is 0.205. The molecule has 2 aliphatic carbocycles. The molecule has 2 aromatic heterocycles. The van der Waals surface area contributed by atoms with E-state index in [1.165, 1.54) is 5.69 Å². The van der Waals surface area contributed by atoms with E-state index in [-0.39, 0.29) is 5.91 Å². The molecule has 5 nitrogen and oxygen atoms in total. The Bertz CT molecular complexity index is 901. The normalized spacial score (nSPS) is 23.3. The molecule has 0 aromatic carbocycles. The number of carbonyl (C=O) groups excluding carboxylic acids is 1. The lowest BCUT2D eigenvalue weighted by Gasteiger charge is -2.30. The van der Waals surface area contributed by atoms with E-state index in [1.54, 1.807) is 0 Å². The third-order valence-corrected chi connectivity index (χ3v) is 6.73. The second kappa shape index (κ2) is 10.2. The highest BCUT2D eigenvalue weighted by atomic mass is 16.1. The molecule has 0 saturated heterocycles. The molecule has 2 aromatic rings. The van der Waals surface area contributed by atoms with Crippen molar-refractivity contribution < 1.29 is 4.79 Å². The zero-order valence-electron chi connectivity index (χ0n) is 18.8. The predicted octanol–water partition coefficient (Wildman–Crippen LogP) is 5.41. The summed E-state index contributed by atoms with van der Waals surface area (Å²) in [6.45, 7) is 5.10. The van der Waals surface area contributed by atoms with E-state index in [2.05, 4.69) is 41.3 Å². The fraction of sp³-hybridized carbons (Fsp3) is 0.538. The molecule has 4 rings (SSSR count). The minimum Gasteiger partial charge on any atom is -0.356 e. The molecule has 1 fully saturated rings. The average molecular weight is 419 g/mol. The number of nitrogens with zero attached hydrogens (tertiary/aromatic N) is 3. The van der Waals surface area contributed by atoms with Crippen molar-refractivity contribution in [1.29, 1.82) is 0 Å². The van der Waals surface area contributed by atoms with Gasteiger partial charge in [-0.15, -0.1) is 0 Å². The van der Waals surface area contributed by atoms with Gasteiger partial charge in [-0.1, -0.05) is 26.0 Å². The Balaban J connectivity index is 1.38. The molecular formula is C26H34N4O. The Hall–Kier alpha value is -2.56. The standard InChI is InChI=1S/C26H34N4O/c1-18(2)26-29-17-23(21-11-13-27-14-12-21)25(30-26)22-9-7-20(8-10-22)16-28-24(31)15-19-5-3-4-6-19/h3,5,11-14,17-20,22H,4,6-10,15-16H2,1-2H3,(H,28,31)/t19-,20?,22?/m1/s1. The highest BCUT2D eigenvalue weighted by Crippen LogP contribution is 2.39. The summed E-state index contributed by atoms with van der Waals surface area (Å²) in [6, 6.07) is 4.08. The Morgan fingerprint density at radius 2 is 1.90 bits per heavy atom. The van der Waals surface area contributed by atoms with Gasteiger partial charge < -0.3 is 5.32 Å². The number of nitrogens with one attached hydrogen (secondary N) is 1. The molecular weight excluding hydrogens is 384 g/mol. The summed E-state index contributed by atoms with van der Waals surface area (Å²) in [5.74, 6) is 2.88. The quantitative estimate of drug-likeness (QED) is 0.611. The van der Waals surface area contributed by atoms with E-state index in [0.717, 1.165) is 62.0 Å². The predicted molar refractivity (Wildman–Crippen MR) is 124 cm³/mol. The van der Waals surface area contributed by atoms with Gasteiger partial charge >= 0.3 is 0 Å². The van der Waals surface area contributed by atoms with Gasteiger partial charge in [0.2, 0.25) is 5.91 Å². The van der Waals surface area contributed by atoms with E-state index in [4.69, 9.17) is 4.98 Å². The Labute approximate surface area is 185 Å². The number of allylic oxidation sites excluding steroid dienone is 2. The highest BCUT2D eigenvalue weighted by Gasteiger charge is 2.27. The molecule has 5 heteroatoms. The number of carbonyl (C=O) groups is 1. The summed E-state index contributed by atoms with van der Waals surface area (Å²) in [4.78, 5) is 26.1. The zero-order chi connectivity index (χ0) is 21.6. The van der Waals surface area contributed by atoms with Gasteiger partial charge in [0.1, 0.15) is 5.82 Å². The summed E-state index contributed by atoms with van der Waals surface area (Å²) in [5, 5.41) is 3.19. The van der Waals surface area contributed by atoms with Crippen LogP contribution < -0.4 is 5.32 Å². The zero-order valence-corrected chi connectivity index (χ0v) is 18.8. The molecule has 0 bridgehead atoms. The average Bonchev–Trinajstić information content (AvgIpc) is 3.31. The van der Waals surface area contributed by atoms with Gasteiger partial charge in [-0.2, -0.15) is 0 Å². The first-order valence-electron chi connectivity index (χ1n) is 11.8. The maximum absolute atomic E-state index is 12.3. The number of amides is 1. The maximum atomic E-state index is 12.3. The van der Waals surface area contributed by atoms with Crippen LogP contribution in [0.1, 0.15) is 82.1 Å². The summed E-state index contributed by atoms with van der Waals surface area (Å²) in [5.41, 5.74) is 3.45. The first-order valence-corrected chi connectivity index (χ1v) is 11.8. The van der Waals surface area contributed by atoms with Crippen LogP contribution in [-0.2, 0) is 4.79 Å². The van der Waals surface area contributed by atoms with Gasteiger partial charge in [0, 0.05) is 49.0 Å². The molecule has 0 radical (unpaired) electrons. The van der Waals surface area contributed by atoms with E-state index >= 15 is 0 Å². The second-order valence-electron chi connectivity index (χ2n) is 9.41. The Kier molecular flexibility index (Phi) is 7.10. The van der Waals surface area contributed by atoms with Crippen LogP contribution in [0.2, 0.25) is 0 Å². The third kappa shape index (κ3) is 5.57. The SMILES string of the molecule is CC(C)c1ncc(-c2ccncc2)c(C2CCC(CNC(=O)C[C@@H]3C=CCC3)CC2)n1. The van der Waals surface area contributed by atoms with Crippen molar-refractivity contribution in [1.82, 2.24) is 20.3 Å². The van der Waals surface area contributed by atoms with Crippen molar-refractivity contribution in [3.63, 3.8) is 0 Å². The largest absolute Gasteiger partial charge is 0.356 e. The molecule has 1 amide bonds. The fourth-order valence-electron chi connectivity index (χ4n) is 4.83. The second-order valence-corrected chi connectivity index (χ2v) is 9.41.